The lowest BCUT2D eigenvalue weighted by Crippen LogP contribution is -1.92. The Balaban J connectivity index is 1.72. The van der Waals surface area contributed by atoms with Gasteiger partial charge in [-0.3, -0.25) is 20.2 Å². The van der Waals surface area contributed by atoms with Gasteiger partial charge in [0.1, 0.15) is 0 Å². The molecule has 0 fully saturated rings. The first-order chi connectivity index (χ1) is 11.9. The van der Waals surface area contributed by atoms with Gasteiger partial charge in [-0.2, -0.15) is 10.2 Å². The van der Waals surface area contributed by atoms with E-state index in [0.29, 0.717) is 0 Å². The van der Waals surface area contributed by atoms with E-state index >= 15 is 0 Å². The van der Waals surface area contributed by atoms with E-state index in [1.165, 1.54) is 0 Å². The second-order valence-corrected chi connectivity index (χ2v) is 5.60. The highest BCUT2D eigenvalue weighted by Gasteiger charge is 2.12. The molecular formula is C18H12N6. The summed E-state index contributed by atoms with van der Waals surface area (Å²) in [6.45, 7) is 0. The van der Waals surface area contributed by atoms with Crippen molar-refractivity contribution in [1.29, 1.82) is 0 Å². The topological polar surface area (TPSA) is 83.1 Å². The Bertz CT molecular complexity index is 1080. The minimum absolute atomic E-state index is 0.850. The summed E-state index contributed by atoms with van der Waals surface area (Å²) < 4.78 is 0. The maximum Gasteiger partial charge on any atom is 0.0965 e. The highest BCUT2D eigenvalue weighted by atomic mass is 15.1. The van der Waals surface area contributed by atoms with E-state index in [9.17, 15) is 0 Å². The number of H-pyrrole nitrogens is 2. The Labute approximate surface area is 136 Å². The zero-order valence-electron chi connectivity index (χ0n) is 12.6. The standard InChI is InChI=1S/C18H12N6/c1-3-15-13(9-21-23-15)7-11(1)17-18(20-6-5-19-17)12-2-4-16-14(8-12)10-22-24-16/h1-10H,(H,21,23)(H,22,24). The number of aromatic amines is 2. The molecule has 0 amide bonds. The predicted molar refractivity (Wildman–Crippen MR) is 92.2 cm³/mol. The molecule has 0 aliphatic carbocycles. The molecule has 6 heteroatoms. The van der Waals surface area contributed by atoms with Crippen LogP contribution in [-0.2, 0) is 0 Å². The molecule has 24 heavy (non-hydrogen) atoms. The molecule has 0 aliphatic rings. The Morgan fingerprint density at radius 2 is 1.12 bits per heavy atom. The Morgan fingerprint density at radius 1 is 0.625 bits per heavy atom. The van der Waals surface area contributed by atoms with Crippen LogP contribution in [0.15, 0.2) is 61.2 Å². The van der Waals surface area contributed by atoms with Gasteiger partial charge < -0.3 is 0 Å². The van der Waals surface area contributed by atoms with Crippen LogP contribution >= 0.6 is 0 Å². The number of fused-ring (bicyclic) bond motifs is 2. The first kappa shape index (κ1) is 13.0. The average Bonchev–Trinajstić information content (AvgIpc) is 3.29. The van der Waals surface area contributed by atoms with Gasteiger partial charge >= 0.3 is 0 Å². The maximum absolute atomic E-state index is 4.57. The van der Waals surface area contributed by atoms with Crippen LogP contribution in [-0.4, -0.2) is 30.4 Å². The van der Waals surface area contributed by atoms with E-state index in [4.69, 9.17) is 0 Å². The van der Waals surface area contributed by atoms with Crippen molar-refractivity contribution < 1.29 is 0 Å². The third-order valence-corrected chi connectivity index (χ3v) is 4.13. The molecule has 5 aromatic rings. The zero-order chi connectivity index (χ0) is 15.9. The van der Waals surface area contributed by atoms with Gasteiger partial charge in [-0.1, -0.05) is 12.1 Å². The van der Waals surface area contributed by atoms with Crippen molar-refractivity contribution in [3.05, 3.63) is 61.2 Å². The van der Waals surface area contributed by atoms with Crippen molar-refractivity contribution in [2.75, 3.05) is 0 Å². The van der Waals surface area contributed by atoms with Crippen molar-refractivity contribution in [1.82, 2.24) is 30.4 Å². The van der Waals surface area contributed by atoms with Crippen LogP contribution in [0.25, 0.3) is 44.3 Å². The summed E-state index contributed by atoms with van der Waals surface area (Å²) in [4.78, 5) is 9.14. The van der Waals surface area contributed by atoms with Crippen molar-refractivity contribution in [2.24, 2.45) is 0 Å². The fourth-order valence-electron chi connectivity index (χ4n) is 2.94. The molecule has 3 aromatic heterocycles. The molecule has 0 bridgehead atoms. The van der Waals surface area contributed by atoms with Gasteiger partial charge in [0.05, 0.1) is 34.8 Å². The highest BCUT2D eigenvalue weighted by Crippen LogP contribution is 2.31. The minimum atomic E-state index is 0.850. The lowest BCUT2D eigenvalue weighted by molar-refractivity contribution is 1.12. The number of nitrogens with one attached hydrogen (secondary N) is 2. The molecular weight excluding hydrogens is 300 g/mol. The molecule has 0 unspecified atom stereocenters. The van der Waals surface area contributed by atoms with Gasteiger partial charge in [0.25, 0.3) is 0 Å². The number of hydrogen-bond donors (Lipinski definition) is 2. The minimum Gasteiger partial charge on any atom is -0.278 e. The average molecular weight is 312 g/mol. The normalized spacial score (nSPS) is 11.3. The third kappa shape index (κ3) is 1.97. The summed E-state index contributed by atoms with van der Waals surface area (Å²) in [6.07, 6.45) is 7.06. The van der Waals surface area contributed by atoms with Crippen molar-refractivity contribution in [3.63, 3.8) is 0 Å². The van der Waals surface area contributed by atoms with Gasteiger partial charge in [0, 0.05) is 34.3 Å². The highest BCUT2D eigenvalue weighted by molar-refractivity contribution is 5.89. The van der Waals surface area contributed by atoms with Gasteiger partial charge in [0.15, 0.2) is 0 Å². The number of rotatable bonds is 2. The smallest absolute Gasteiger partial charge is 0.0965 e. The van der Waals surface area contributed by atoms with Crippen LogP contribution in [0.1, 0.15) is 0 Å². The molecule has 2 aromatic carbocycles. The molecule has 114 valence electrons. The summed E-state index contributed by atoms with van der Waals surface area (Å²) in [5.41, 5.74) is 5.73. The van der Waals surface area contributed by atoms with E-state index in [-0.39, 0.29) is 0 Å². The zero-order valence-corrected chi connectivity index (χ0v) is 12.6. The maximum atomic E-state index is 4.57. The van der Waals surface area contributed by atoms with Crippen LogP contribution in [0.4, 0.5) is 0 Å². The monoisotopic (exact) mass is 312 g/mol. The number of hydrogen-bond acceptors (Lipinski definition) is 4. The van der Waals surface area contributed by atoms with Crippen LogP contribution in [0.2, 0.25) is 0 Å². The van der Waals surface area contributed by atoms with Crippen LogP contribution < -0.4 is 0 Å². The van der Waals surface area contributed by atoms with E-state index in [0.717, 1.165) is 44.3 Å². The lowest BCUT2D eigenvalue weighted by atomic mass is 10.0. The van der Waals surface area contributed by atoms with E-state index in [1.807, 2.05) is 36.7 Å². The number of aromatic nitrogens is 6. The van der Waals surface area contributed by atoms with Gasteiger partial charge in [-0.25, -0.2) is 0 Å². The summed E-state index contributed by atoms with van der Waals surface area (Å²) in [6, 6.07) is 12.2. The second kappa shape index (κ2) is 4.99. The van der Waals surface area contributed by atoms with Crippen molar-refractivity contribution in [3.8, 4) is 22.5 Å². The second-order valence-electron chi connectivity index (χ2n) is 5.60. The van der Waals surface area contributed by atoms with Crippen LogP contribution in [0, 0.1) is 0 Å². The summed E-state index contributed by atoms with van der Waals surface area (Å²) in [7, 11) is 0. The molecule has 0 spiro atoms. The quantitative estimate of drug-likeness (QED) is 0.522. The molecule has 3 heterocycles. The Kier molecular flexibility index (Phi) is 2.69. The summed E-state index contributed by atoms with van der Waals surface area (Å²) in [5.74, 6) is 0. The van der Waals surface area contributed by atoms with Gasteiger partial charge in [0.2, 0.25) is 0 Å². The largest absolute Gasteiger partial charge is 0.278 e. The summed E-state index contributed by atoms with van der Waals surface area (Å²) in [5, 5.41) is 16.2. The Morgan fingerprint density at radius 3 is 1.62 bits per heavy atom. The summed E-state index contributed by atoms with van der Waals surface area (Å²) >= 11 is 0. The first-order valence-corrected chi connectivity index (χ1v) is 7.56. The molecule has 2 N–H and O–H groups in total. The van der Waals surface area contributed by atoms with Crippen LogP contribution in [0.3, 0.4) is 0 Å². The molecule has 0 radical (unpaired) electrons. The molecule has 0 aliphatic heterocycles. The van der Waals surface area contributed by atoms with Crippen molar-refractivity contribution in [2.45, 2.75) is 0 Å². The van der Waals surface area contributed by atoms with Gasteiger partial charge in [-0.15, -0.1) is 0 Å². The first-order valence-electron chi connectivity index (χ1n) is 7.56. The fraction of sp³-hybridized carbons (Fsp3) is 0. The number of benzene rings is 2. The molecule has 0 saturated carbocycles. The van der Waals surface area contributed by atoms with E-state index < -0.39 is 0 Å². The molecule has 6 nitrogen and oxygen atoms in total. The molecule has 0 atom stereocenters. The van der Waals surface area contributed by atoms with E-state index in [2.05, 4.69) is 42.5 Å². The van der Waals surface area contributed by atoms with Crippen molar-refractivity contribution >= 4 is 21.8 Å². The van der Waals surface area contributed by atoms with Gasteiger partial charge in [-0.05, 0) is 24.3 Å². The van der Waals surface area contributed by atoms with Crippen LogP contribution in [0.5, 0.6) is 0 Å². The molecule has 5 rings (SSSR count). The Hall–Kier alpha value is -3.54. The SMILES string of the molecule is c1cnc(-c2ccc3[nH]ncc3c2)c(-c2ccc3[nH]ncc3c2)n1. The fourth-order valence-corrected chi connectivity index (χ4v) is 2.94. The number of nitrogens with zero attached hydrogens (tertiary/aromatic N) is 4. The third-order valence-electron chi connectivity index (χ3n) is 4.13. The predicted octanol–water partition coefficient (Wildman–Crippen LogP) is 3.56. The lowest BCUT2D eigenvalue weighted by Gasteiger charge is -2.08. The van der Waals surface area contributed by atoms with E-state index in [1.54, 1.807) is 12.4 Å². The molecule has 0 saturated heterocycles.